The number of quaternary nitrogens is 1. The second-order valence-corrected chi connectivity index (χ2v) is 6.31. The number of nitrogens with zero attached hydrogens (tertiary/aromatic N) is 1. The van der Waals surface area contributed by atoms with E-state index in [-0.39, 0.29) is 18.0 Å². The molecule has 3 amide bonds. The number of benzene rings is 1. The third-order valence-electron chi connectivity index (χ3n) is 4.60. The maximum absolute atomic E-state index is 12.8. The minimum Gasteiger partial charge on any atom is -0.387 e. The summed E-state index contributed by atoms with van der Waals surface area (Å²) in [5, 5.41) is 12.5. The minimum absolute atomic E-state index is 0.226. The van der Waals surface area contributed by atoms with Gasteiger partial charge in [-0.05, 0) is 25.3 Å². The van der Waals surface area contributed by atoms with Gasteiger partial charge in [0, 0.05) is 0 Å². The third-order valence-corrected chi connectivity index (χ3v) is 4.60. The Kier molecular flexibility index (Phi) is 3.88. The van der Waals surface area contributed by atoms with E-state index in [1.807, 2.05) is 30.3 Å². The molecule has 2 fully saturated rings. The maximum Gasteiger partial charge on any atom is 0.329 e. The summed E-state index contributed by atoms with van der Waals surface area (Å²) in [6, 6.07) is 8.93. The zero-order valence-corrected chi connectivity index (χ0v) is 12.7. The van der Waals surface area contributed by atoms with Crippen molar-refractivity contribution in [3.05, 3.63) is 35.9 Å². The summed E-state index contributed by atoms with van der Waals surface area (Å²) in [4.78, 5) is 27.4. The van der Waals surface area contributed by atoms with E-state index in [9.17, 15) is 14.7 Å². The quantitative estimate of drug-likeness (QED) is 0.656. The van der Waals surface area contributed by atoms with Gasteiger partial charge in [-0.1, -0.05) is 30.3 Å². The molecule has 0 aromatic heterocycles. The molecule has 2 saturated heterocycles. The average molecular weight is 304 g/mol. The van der Waals surface area contributed by atoms with Crippen molar-refractivity contribution in [2.75, 3.05) is 19.8 Å². The Labute approximate surface area is 129 Å². The lowest BCUT2D eigenvalue weighted by Crippen LogP contribution is -3.15. The number of hydrogen-bond acceptors (Lipinski definition) is 3. The minimum atomic E-state index is -1.01. The van der Waals surface area contributed by atoms with Crippen molar-refractivity contribution >= 4 is 11.9 Å². The molecule has 3 atom stereocenters. The van der Waals surface area contributed by atoms with Gasteiger partial charge in [0.25, 0.3) is 5.91 Å². The standard InChI is InChI=1S/C16H21N3O3/c1-16(12-6-3-2-4-7-12)14(21)19(15(22)17-16)11-18-9-5-8-13(20)10-18/h2-4,6-7,13,20H,5,8-11H2,1H3,(H,17,22)/p+1/t13-,16+/m0/s1. The van der Waals surface area contributed by atoms with Gasteiger partial charge in [-0.3, -0.25) is 4.79 Å². The Morgan fingerprint density at radius 1 is 1.36 bits per heavy atom. The Bertz CT molecular complexity index is 577. The second kappa shape index (κ2) is 5.70. The number of nitrogens with one attached hydrogen (secondary N) is 2. The van der Waals surface area contributed by atoms with E-state index in [1.54, 1.807) is 6.92 Å². The van der Waals surface area contributed by atoms with E-state index >= 15 is 0 Å². The normalized spacial score (nSPS) is 32.2. The molecule has 1 aromatic carbocycles. The van der Waals surface area contributed by atoms with Gasteiger partial charge in [0.15, 0.2) is 6.67 Å². The molecule has 2 heterocycles. The van der Waals surface area contributed by atoms with Crippen LogP contribution in [-0.4, -0.2) is 47.8 Å². The predicted molar refractivity (Wildman–Crippen MR) is 80.0 cm³/mol. The van der Waals surface area contributed by atoms with Crippen LogP contribution in [0.5, 0.6) is 0 Å². The maximum atomic E-state index is 12.8. The lowest BCUT2D eigenvalue weighted by atomic mass is 9.92. The van der Waals surface area contributed by atoms with Gasteiger partial charge in [-0.15, -0.1) is 0 Å². The highest BCUT2D eigenvalue weighted by molar-refractivity contribution is 6.07. The molecule has 0 bridgehead atoms. The SMILES string of the molecule is C[C@]1(c2ccccc2)NC(=O)N(C[NH+]2CCC[C@H](O)C2)C1=O. The number of urea groups is 1. The van der Waals surface area contributed by atoms with Crippen molar-refractivity contribution < 1.29 is 19.6 Å². The van der Waals surface area contributed by atoms with Gasteiger partial charge >= 0.3 is 6.03 Å². The largest absolute Gasteiger partial charge is 0.387 e. The highest BCUT2D eigenvalue weighted by Crippen LogP contribution is 2.27. The third kappa shape index (κ3) is 2.60. The molecule has 0 saturated carbocycles. The summed E-state index contributed by atoms with van der Waals surface area (Å²) in [7, 11) is 0. The number of hydrogen-bond donors (Lipinski definition) is 3. The lowest BCUT2D eigenvalue weighted by molar-refractivity contribution is -0.915. The van der Waals surface area contributed by atoms with Crippen LogP contribution in [0.4, 0.5) is 4.79 Å². The fourth-order valence-electron chi connectivity index (χ4n) is 3.30. The molecule has 22 heavy (non-hydrogen) atoms. The number of aliphatic hydroxyl groups is 1. The Morgan fingerprint density at radius 2 is 2.09 bits per heavy atom. The van der Waals surface area contributed by atoms with Crippen LogP contribution in [-0.2, 0) is 10.3 Å². The number of piperidine rings is 1. The summed E-state index contributed by atoms with van der Waals surface area (Å²) in [5.41, 5.74) is -0.226. The topological polar surface area (TPSA) is 74.1 Å². The van der Waals surface area contributed by atoms with Gasteiger partial charge in [0.1, 0.15) is 18.2 Å². The number of carbonyl (C=O) groups is 2. The van der Waals surface area contributed by atoms with Crippen LogP contribution < -0.4 is 10.2 Å². The molecule has 6 nitrogen and oxygen atoms in total. The fourth-order valence-corrected chi connectivity index (χ4v) is 3.30. The molecule has 2 aliphatic heterocycles. The first-order valence-electron chi connectivity index (χ1n) is 7.72. The zero-order valence-electron chi connectivity index (χ0n) is 12.7. The second-order valence-electron chi connectivity index (χ2n) is 6.31. The molecule has 6 heteroatoms. The van der Waals surface area contributed by atoms with E-state index < -0.39 is 5.54 Å². The molecular weight excluding hydrogens is 282 g/mol. The van der Waals surface area contributed by atoms with Crippen LogP contribution >= 0.6 is 0 Å². The van der Waals surface area contributed by atoms with Gasteiger partial charge in [-0.2, -0.15) is 0 Å². The van der Waals surface area contributed by atoms with Gasteiger partial charge in [-0.25, -0.2) is 9.69 Å². The summed E-state index contributed by atoms with van der Waals surface area (Å²) < 4.78 is 0. The highest BCUT2D eigenvalue weighted by Gasteiger charge is 2.50. The van der Waals surface area contributed by atoms with Crippen molar-refractivity contribution in [1.29, 1.82) is 0 Å². The Morgan fingerprint density at radius 3 is 2.77 bits per heavy atom. The zero-order chi connectivity index (χ0) is 15.7. The number of likely N-dealkylation sites (tertiary alicyclic amines) is 1. The van der Waals surface area contributed by atoms with Crippen LogP contribution in [0.1, 0.15) is 25.3 Å². The van der Waals surface area contributed by atoms with Gasteiger partial charge in [0.2, 0.25) is 0 Å². The van der Waals surface area contributed by atoms with Crippen molar-refractivity contribution in [1.82, 2.24) is 10.2 Å². The molecule has 3 N–H and O–H groups in total. The van der Waals surface area contributed by atoms with Crippen molar-refractivity contribution in [3.8, 4) is 0 Å². The smallest absolute Gasteiger partial charge is 0.329 e. The first-order valence-corrected chi connectivity index (χ1v) is 7.72. The van der Waals surface area contributed by atoms with Crippen LogP contribution in [0.3, 0.4) is 0 Å². The molecule has 3 rings (SSSR count). The molecule has 0 radical (unpaired) electrons. The van der Waals surface area contributed by atoms with Gasteiger partial charge in [0.05, 0.1) is 6.54 Å². The molecular formula is C16H22N3O3+. The van der Waals surface area contributed by atoms with Crippen molar-refractivity contribution in [3.63, 3.8) is 0 Å². The number of amides is 3. The Balaban J connectivity index is 1.77. The van der Waals surface area contributed by atoms with E-state index in [4.69, 9.17) is 0 Å². The van der Waals surface area contributed by atoms with E-state index in [0.717, 1.165) is 29.8 Å². The van der Waals surface area contributed by atoms with Crippen LogP contribution in [0.25, 0.3) is 0 Å². The summed E-state index contributed by atoms with van der Waals surface area (Å²) in [5.74, 6) is -0.226. The summed E-state index contributed by atoms with van der Waals surface area (Å²) >= 11 is 0. The molecule has 2 aliphatic rings. The number of carbonyl (C=O) groups excluding carboxylic acids is 2. The number of rotatable bonds is 3. The lowest BCUT2D eigenvalue weighted by Gasteiger charge is -2.29. The van der Waals surface area contributed by atoms with E-state index in [0.29, 0.717) is 13.2 Å². The van der Waals surface area contributed by atoms with Gasteiger partial charge < -0.3 is 15.3 Å². The molecule has 0 aliphatic carbocycles. The van der Waals surface area contributed by atoms with E-state index in [1.165, 1.54) is 4.90 Å². The molecule has 1 unspecified atom stereocenters. The average Bonchev–Trinajstić information content (AvgIpc) is 2.73. The number of aliphatic hydroxyl groups excluding tert-OH is 1. The first kappa shape index (κ1) is 15.0. The highest BCUT2D eigenvalue weighted by atomic mass is 16.3. The van der Waals surface area contributed by atoms with Crippen LogP contribution in [0, 0.1) is 0 Å². The summed E-state index contributed by atoms with van der Waals surface area (Å²) in [6.07, 6.45) is 1.37. The Hall–Kier alpha value is -1.92. The number of imide groups is 1. The van der Waals surface area contributed by atoms with Crippen molar-refractivity contribution in [2.24, 2.45) is 0 Å². The predicted octanol–water partition coefficient (Wildman–Crippen LogP) is -0.549. The summed E-state index contributed by atoms with van der Waals surface area (Å²) in [6.45, 7) is 3.50. The molecule has 1 aromatic rings. The first-order chi connectivity index (χ1) is 10.5. The molecule has 118 valence electrons. The van der Waals surface area contributed by atoms with E-state index in [2.05, 4.69) is 5.32 Å². The monoisotopic (exact) mass is 304 g/mol. The van der Waals surface area contributed by atoms with Crippen molar-refractivity contribution in [2.45, 2.75) is 31.4 Å². The van der Waals surface area contributed by atoms with Crippen LogP contribution in [0.2, 0.25) is 0 Å². The van der Waals surface area contributed by atoms with Crippen LogP contribution in [0.15, 0.2) is 30.3 Å². The molecule has 0 spiro atoms. The fraction of sp³-hybridized carbons (Fsp3) is 0.500.